The Hall–Kier alpha value is -2.34. The summed E-state index contributed by atoms with van der Waals surface area (Å²) in [6.45, 7) is 2.26. The number of aromatic hydroxyl groups is 1. The average Bonchev–Trinajstić information content (AvgIpc) is 2.85. The lowest BCUT2D eigenvalue weighted by molar-refractivity contribution is -0.136. The van der Waals surface area contributed by atoms with E-state index in [-0.39, 0.29) is 11.7 Å². The fourth-order valence-corrected chi connectivity index (χ4v) is 4.73. The molecule has 0 saturated heterocycles. The molecule has 0 amide bonds. The third-order valence-electron chi connectivity index (χ3n) is 6.45. The molecule has 1 unspecified atom stereocenters. The van der Waals surface area contributed by atoms with Crippen molar-refractivity contribution in [3.63, 3.8) is 0 Å². The maximum absolute atomic E-state index is 12.6. The summed E-state index contributed by atoms with van der Waals surface area (Å²) in [5, 5.41) is 16.7. The lowest BCUT2D eigenvalue weighted by atomic mass is 9.93. The van der Waals surface area contributed by atoms with E-state index in [0.29, 0.717) is 10.7 Å². The quantitative estimate of drug-likeness (QED) is 0.0897. The Kier molecular flexibility index (Phi) is 14.2. The van der Waals surface area contributed by atoms with Gasteiger partial charge in [0.1, 0.15) is 5.75 Å². The first-order valence-corrected chi connectivity index (χ1v) is 13.8. The van der Waals surface area contributed by atoms with Crippen molar-refractivity contribution in [2.24, 2.45) is 0 Å². The Balaban J connectivity index is 1.73. The van der Waals surface area contributed by atoms with E-state index < -0.39 is 6.04 Å². The highest BCUT2D eigenvalue weighted by atomic mass is 32.1. The van der Waals surface area contributed by atoms with Crippen molar-refractivity contribution in [3.8, 4) is 5.75 Å². The summed E-state index contributed by atoms with van der Waals surface area (Å²) in [7, 11) is 1.39. The maximum Gasteiger partial charge on any atom is 0.337 e. The zero-order valence-electron chi connectivity index (χ0n) is 21.6. The van der Waals surface area contributed by atoms with Crippen LogP contribution in [0.3, 0.4) is 0 Å². The van der Waals surface area contributed by atoms with Crippen molar-refractivity contribution < 1.29 is 14.6 Å². The number of carbonyl (C=O) groups is 1. The molecule has 6 heteroatoms. The van der Waals surface area contributed by atoms with Crippen LogP contribution in [0.4, 0.5) is 0 Å². The smallest absolute Gasteiger partial charge is 0.337 e. The van der Waals surface area contributed by atoms with Crippen molar-refractivity contribution in [2.75, 3.05) is 7.11 Å². The molecule has 35 heavy (non-hydrogen) atoms. The summed E-state index contributed by atoms with van der Waals surface area (Å²) in [5.74, 6) is -0.236. The number of unbranched alkanes of at least 4 members (excludes halogenated alkanes) is 11. The predicted molar refractivity (Wildman–Crippen MR) is 148 cm³/mol. The van der Waals surface area contributed by atoms with Gasteiger partial charge in [-0.3, -0.25) is 0 Å². The number of hydrogen-bond donors (Lipinski definition) is 3. The van der Waals surface area contributed by atoms with E-state index in [1.165, 1.54) is 77.7 Å². The van der Waals surface area contributed by atoms with E-state index in [9.17, 15) is 9.90 Å². The molecule has 1 aliphatic heterocycles. The molecule has 0 spiro atoms. The number of rotatable bonds is 17. The molecule has 0 saturated carbocycles. The summed E-state index contributed by atoms with van der Waals surface area (Å²) >= 11 is 5.40. The molecule has 2 rings (SSSR count). The second-order valence-corrected chi connectivity index (χ2v) is 9.75. The number of hydrogen-bond acceptors (Lipinski definition) is 4. The monoisotopic (exact) mass is 500 g/mol. The van der Waals surface area contributed by atoms with E-state index in [1.54, 1.807) is 18.2 Å². The topological polar surface area (TPSA) is 70.6 Å². The van der Waals surface area contributed by atoms with Gasteiger partial charge in [0.15, 0.2) is 5.11 Å². The lowest BCUT2D eigenvalue weighted by Crippen LogP contribution is -2.45. The number of thiocarbonyl (C=S) groups is 1. The SMILES string of the molecule is CCCCCCCC/C=C\CCCCCCCC1=C(C(=O)OC)C(c2cccc(O)c2)NC(=S)N1. The van der Waals surface area contributed by atoms with Gasteiger partial charge in [-0.25, -0.2) is 4.79 Å². The van der Waals surface area contributed by atoms with E-state index in [2.05, 4.69) is 29.7 Å². The number of allylic oxidation sites excluding steroid dienone is 3. The van der Waals surface area contributed by atoms with Crippen LogP contribution in [0.2, 0.25) is 0 Å². The van der Waals surface area contributed by atoms with Crippen LogP contribution in [-0.4, -0.2) is 23.3 Å². The fraction of sp³-hybridized carbons (Fsp3) is 0.586. The largest absolute Gasteiger partial charge is 0.508 e. The summed E-state index contributed by atoms with van der Waals surface area (Å²) in [6.07, 6.45) is 21.7. The number of phenols is 1. The van der Waals surface area contributed by atoms with Gasteiger partial charge in [-0.1, -0.05) is 82.6 Å². The zero-order chi connectivity index (χ0) is 25.3. The minimum absolute atomic E-state index is 0.150. The number of phenolic OH excluding ortho intramolecular Hbond substituents is 1. The van der Waals surface area contributed by atoms with Gasteiger partial charge in [0.05, 0.1) is 18.7 Å². The number of ether oxygens (including phenoxy) is 1. The highest BCUT2D eigenvalue weighted by Crippen LogP contribution is 2.31. The van der Waals surface area contributed by atoms with Gasteiger partial charge in [-0.05, 0) is 68.4 Å². The van der Waals surface area contributed by atoms with Gasteiger partial charge in [0.25, 0.3) is 0 Å². The molecule has 0 fully saturated rings. The lowest BCUT2D eigenvalue weighted by Gasteiger charge is -2.31. The minimum atomic E-state index is -0.443. The maximum atomic E-state index is 12.6. The standard InChI is InChI=1S/C29H44N2O3S/c1-3-4-5-6-7-8-9-10-11-12-13-14-15-16-17-21-25-26(28(33)34-2)27(31-29(35)30-25)23-19-18-20-24(32)22-23/h10-11,18-20,22,27,32H,3-9,12-17,21H2,1-2H3,(H2,30,31,35)/b11-10-. The molecule has 1 heterocycles. The van der Waals surface area contributed by atoms with Gasteiger partial charge in [0, 0.05) is 5.70 Å². The summed E-state index contributed by atoms with van der Waals surface area (Å²) in [6, 6.07) is 6.44. The predicted octanol–water partition coefficient (Wildman–Crippen LogP) is 7.38. The molecule has 5 nitrogen and oxygen atoms in total. The normalized spacial score (nSPS) is 15.8. The first kappa shape index (κ1) is 28.9. The molecule has 0 aliphatic carbocycles. The number of esters is 1. The average molecular weight is 501 g/mol. The summed E-state index contributed by atoms with van der Waals surface area (Å²) in [4.78, 5) is 12.6. The third-order valence-corrected chi connectivity index (χ3v) is 6.67. The van der Waals surface area contributed by atoms with Crippen molar-refractivity contribution in [3.05, 3.63) is 53.3 Å². The number of methoxy groups -OCH3 is 1. The number of nitrogens with one attached hydrogen (secondary N) is 2. The van der Waals surface area contributed by atoms with Crippen molar-refractivity contribution in [2.45, 2.75) is 103 Å². The Labute approximate surface area is 217 Å². The van der Waals surface area contributed by atoms with E-state index in [4.69, 9.17) is 17.0 Å². The molecular weight excluding hydrogens is 456 g/mol. The van der Waals surface area contributed by atoms with Gasteiger partial charge < -0.3 is 20.5 Å². The van der Waals surface area contributed by atoms with Crippen LogP contribution >= 0.6 is 12.2 Å². The molecule has 1 aromatic rings. The van der Waals surface area contributed by atoms with Crippen LogP contribution in [0.25, 0.3) is 0 Å². The van der Waals surface area contributed by atoms with Gasteiger partial charge in [0.2, 0.25) is 0 Å². The molecule has 0 radical (unpaired) electrons. The molecule has 1 aliphatic rings. The minimum Gasteiger partial charge on any atom is -0.508 e. The fourth-order valence-electron chi connectivity index (χ4n) is 4.49. The van der Waals surface area contributed by atoms with Crippen LogP contribution in [-0.2, 0) is 9.53 Å². The van der Waals surface area contributed by atoms with Crippen LogP contribution < -0.4 is 10.6 Å². The van der Waals surface area contributed by atoms with E-state index in [1.807, 2.05) is 6.07 Å². The first-order valence-electron chi connectivity index (χ1n) is 13.4. The third kappa shape index (κ3) is 10.9. The summed E-state index contributed by atoms with van der Waals surface area (Å²) in [5.41, 5.74) is 2.12. The molecule has 1 atom stereocenters. The highest BCUT2D eigenvalue weighted by molar-refractivity contribution is 7.80. The molecule has 0 aromatic heterocycles. The van der Waals surface area contributed by atoms with Crippen LogP contribution in [0, 0.1) is 0 Å². The van der Waals surface area contributed by atoms with Crippen LogP contribution in [0.1, 0.15) is 108 Å². The second-order valence-electron chi connectivity index (χ2n) is 9.34. The van der Waals surface area contributed by atoms with Crippen molar-refractivity contribution in [1.29, 1.82) is 0 Å². The first-order chi connectivity index (χ1) is 17.1. The van der Waals surface area contributed by atoms with Crippen molar-refractivity contribution >= 4 is 23.3 Å². The van der Waals surface area contributed by atoms with Crippen LogP contribution in [0.5, 0.6) is 5.75 Å². The van der Waals surface area contributed by atoms with Crippen molar-refractivity contribution in [1.82, 2.24) is 10.6 Å². The molecule has 194 valence electrons. The van der Waals surface area contributed by atoms with E-state index in [0.717, 1.165) is 30.5 Å². The number of benzene rings is 1. The van der Waals surface area contributed by atoms with Gasteiger partial charge >= 0.3 is 5.97 Å². The second kappa shape index (κ2) is 17.1. The molecule has 0 bridgehead atoms. The Morgan fingerprint density at radius 3 is 2.26 bits per heavy atom. The zero-order valence-corrected chi connectivity index (χ0v) is 22.4. The molecule has 1 aromatic carbocycles. The highest BCUT2D eigenvalue weighted by Gasteiger charge is 2.32. The Bertz CT molecular complexity index is 850. The molecule has 3 N–H and O–H groups in total. The number of carbonyl (C=O) groups excluding carboxylic acids is 1. The Morgan fingerprint density at radius 1 is 1.00 bits per heavy atom. The summed E-state index contributed by atoms with van der Waals surface area (Å²) < 4.78 is 5.08. The van der Waals surface area contributed by atoms with Gasteiger partial charge in [-0.15, -0.1) is 0 Å². The molecular formula is C29H44N2O3S. The Morgan fingerprint density at radius 2 is 1.63 bits per heavy atom. The van der Waals surface area contributed by atoms with Crippen LogP contribution in [0.15, 0.2) is 47.7 Å². The van der Waals surface area contributed by atoms with Gasteiger partial charge in [-0.2, -0.15) is 0 Å². The van der Waals surface area contributed by atoms with E-state index >= 15 is 0 Å².